The molecule has 0 saturated carbocycles. The summed E-state index contributed by atoms with van der Waals surface area (Å²) in [5.41, 5.74) is 3.10. The summed E-state index contributed by atoms with van der Waals surface area (Å²) in [6.07, 6.45) is 0. The lowest BCUT2D eigenvalue weighted by atomic mass is 10.1. The maximum absolute atomic E-state index is 10.8. The molecule has 3 aromatic rings. The van der Waals surface area contributed by atoms with Crippen LogP contribution >= 0.6 is 0 Å². The Kier molecular flexibility index (Phi) is 6.52. The highest BCUT2D eigenvalue weighted by Crippen LogP contribution is 2.29. The van der Waals surface area contributed by atoms with Gasteiger partial charge in [-0.25, -0.2) is 0 Å². The maximum atomic E-state index is 10.8. The zero-order valence-corrected chi connectivity index (χ0v) is 15.7. The van der Waals surface area contributed by atoms with Gasteiger partial charge >= 0.3 is 0 Å². The van der Waals surface area contributed by atoms with E-state index in [-0.39, 0.29) is 5.56 Å². The third kappa shape index (κ3) is 5.27. The van der Waals surface area contributed by atoms with Gasteiger partial charge in [-0.1, -0.05) is 48.5 Å². The van der Waals surface area contributed by atoms with E-state index in [1.165, 1.54) is 12.1 Å². The van der Waals surface area contributed by atoms with E-state index in [1.54, 1.807) is 12.1 Å². The Morgan fingerprint density at radius 3 is 2.32 bits per heavy atom. The van der Waals surface area contributed by atoms with Gasteiger partial charge in [0, 0.05) is 12.2 Å². The van der Waals surface area contributed by atoms with Crippen LogP contribution in [0, 0.1) is 0 Å². The zero-order valence-electron chi connectivity index (χ0n) is 15.7. The summed E-state index contributed by atoms with van der Waals surface area (Å²) in [5.74, 6) is 0.219. The number of ether oxygens (including phenoxy) is 2. The van der Waals surface area contributed by atoms with Crippen molar-refractivity contribution < 1.29 is 19.4 Å². The fraction of sp³-hybridized carbons (Fsp3) is 0.174. The Bertz CT molecular complexity index is 908. The molecule has 0 amide bonds. The summed E-state index contributed by atoms with van der Waals surface area (Å²) >= 11 is 0. The van der Waals surface area contributed by atoms with Crippen LogP contribution in [0.2, 0.25) is 0 Å². The number of hydrogen-bond donors (Lipinski definition) is 1. The van der Waals surface area contributed by atoms with Crippen LogP contribution in [0.25, 0.3) is 0 Å². The van der Waals surface area contributed by atoms with Gasteiger partial charge in [0.15, 0.2) is 11.5 Å². The molecule has 0 unspecified atom stereocenters. The molecular formula is C23H22NO4-. The number of anilines is 1. The van der Waals surface area contributed by atoms with Gasteiger partial charge in [-0.05, 0) is 47.9 Å². The third-order valence-corrected chi connectivity index (χ3v) is 4.16. The molecule has 0 spiro atoms. The molecule has 0 radical (unpaired) electrons. The molecule has 0 aliphatic carbocycles. The predicted molar refractivity (Wildman–Crippen MR) is 106 cm³/mol. The minimum Gasteiger partial charge on any atom is -0.545 e. The molecule has 5 nitrogen and oxygen atoms in total. The van der Waals surface area contributed by atoms with Crippen molar-refractivity contribution in [2.45, 2.75) is 20.1 Å². The Labute approximate surface area is 164 Å². The van der Waals surface area contributed by atoms with Gasteiger partial charge in [-0.2, -0.15) is 0 Å². The van der Waals surface area contributed by atoms with Gasteiger partial charge < -0.3 is 24.7 Å². The highest BCUT2D eigenvalue weighted by atomic mass is 16.5. The van der Waals surface area contributed by atoms with E-state index in [1.807, 2.05) is 55.5 Å². The van der Waals surface area contributed by atoms with Crippen LogP contribution in [0.3, 0.4) is 0 Å². The second kappa shape index (κ2) is 9.46. The molecule has 0 fully saturated rings. The second-order valence-corrected chi connectivity index (χ2v) is 6.21. The first-order valence-electron chi connectivity index (χ1n) is 9.13. The van der Waals surface area contributed by atoms with Crippen LogP contribution in [0.4, 0.5) is 5.69 Å². The molecular weight excluding hydrogens is 354 g/mol. The summed E-state index contributed by atoms with van der Waals surface area (Å²) < 4.78 is 11.7. The lowest BCUT2D eigenvalue weighted by molar-refractivity contribution is -0.255. The van der Waals surface area contributed by atoms with Crippen molar-refractivity contribution in [2.24, 2.45) is 0 Å². The largest absolute Gasteiger partial charge is 0.545 e. The highest BCUT2D eigenvalue weighted by molar-refractivity contribution is 5.86. The average Bonchev–Trinajstić information content (AvgIpc) is 2.73. The van der Waals surface area contributed by atoms with Crippen LogP contribution in [0.1, 0.15) is 28.4 Å². The lowest BCUT2D eigenvalue weighted by Crippen LogP contribution is -2.21. The summed E-state index contributed by atoms with van der Waals surface area (Å²) in [7, 11) is 0. The van der Waals surface area contributed by atoms with Crippen molar-refractivity contribution in [3.8, 4) is 11.5 Å². The van der Waals surface area contributed by atoms with Gasteiger partial charge in [0.1, 0.15) is 6.61 Å². The molecule has 5 heteroatoms. The predicted octanol–water partition coefficient (Wildman–Crippen LogP) is 3.64. The number of carboxylic acids is 1. The van der Waals surface area contributed by atoms with Crippen molar-refractivity contribution >= 4 is 11.7 Å². The van der Waals surface area contributed by atoms with Gasteiger partial charge in [-0.15, -0.1) is 0 Å². The monoisotopic (exact) mass is 376 g/mol. The summed E-state index contributed by atoms with van der Waals surface area (Å²) in [5, 5.41) is 14.1. The molecule has 0 atom stereocenters. The molecule has 3 aromatic carbocycles. The van der Waals surface area contributed by atoms with Crippen molar-refractivity contribution in [1.82, 2.24) is 0 Å². The van der Waals surface area contributed by atoms with Crippen LogP contribution in [-0.4, -0.2) is 12.6 Å². The Morgan fingerprint density at radius 2 is 1.64 bits per heavy atom. The minimum absolute atomic E-state index is 0.157. The Morgan fingerprint density at radius 1 is 0.893 bits per heavy atom. The quantitative estimate of drug-likeness (QED) is 0.617. The van der Waals surface area contributed by atoms with Crippen LogP contribution < -0.4 is 19.9 Å². The first-order valence-corrected chi connectivity index (χ1v) is 9.13. The lowest BCUT2D eigenvalue weighted by Gasteiger charge is -2.14. The fourth-order valence-corrected chi connectivity index (χ4v) is 2.71. The molecule has 0 aromatic heterocycles. The topological polar surface area (TPSA) is 70.6 Å². The number of rotatable bonds is 9. The first kappa shape index (κ1) is 19.3. The molecule has 0 aliphatic heterocycles. The molecule has 144 valence electrons. The smallest absolute Gasteiger partial charge is 0.161 e. The van der Waals surface area contributed by atoms with Crippen molar-refractivity contribution in [3.63, 3.8) is 0 Å². The van der Waals surface area contributed by atoms with E-state index in [4.69, 9.17) is 9.47 Å². The van der Waals surface area contributed by atoms with Crippen molar-refractivity contribution in [3.05, 3.63) is 89.5 Å². The highest BCUT2D eigenvalue weighted by Gasteiger charge is 2.07. The van der Waals surface area contributed by atoms with E-state index >= 15 is 0 Å². The second-order valence-electron chi connectivity index (χ2n) is 6.21. The van der Waals surface area contributed by atoms with E-state index in [0.29, 0.717) is 31.3 Å². The maximum Gasteiger partial charge on any atom is 0.161 e. The fourth-order valence-electron chi connectivity index (χ4n) is 2.71. The van der Waals surface area contributed by atoms with Gasteiger partial charge in [0.25, 0.3) is 0 Å². The molecule has 0 aliphatic rings. The number of nitrogens with one attached hydrogen (secondary N) is 1. The number of carboxylic acid groups (broad SMARTS) is 1. The standard InChI is InChI=1S/C23H23NO4/c1-2-27-22-14-18(15-24-20-11-9-19(10-12-20)23(25)26)8-13-21(22)28-16-17-6-4-3-5-7-17/h3-14,24H,2,15-16H2,1H3,(H,25,26)/p-1. The number of aromatic carboxylic acids is 1. The SMILES string of the molecule is CCOc1cc(CNc2ccc(C(=O)[O-])cc2)ccc1OCc1ccccc1. The number of hydrogen-bond acceptors (Lipinski definition) is 5. The van der Waals surface area contributed by atoms with E-state index < -0.39 is 5.97 Å². The zero-order chi connectivity index (χ0) is 19.8. The van der Waals surface area contributed by atoms with E-state index in [0.717, 1.165) is 16.8 Å². The molecule has 3 rings (SSSR count). The van der Waals surface area contributed by atoms with Crippen LogP contribution in [0.5, 0.6) is 11.5 Å². The first-order chi connectivity index (χ1) is 13.7. The Balaban J connectivity index is 1.65. The van der Waals surface area contributed by atoms with Crippen LogP contribution in [-0.2, 0) is 13.2 Å². The molecule has 1 N–H and O–H groups in total. The summed E-state index contributed by atoms with van der Waals surface area (Å²) in [6, 6.07) is 22.3. The Hall–Kier alpha value is -3.47. The number of carbonyl (C=O) groups excluding carboxylic acids is 1. The van der Waals surface area contributed by atoms with Crippen molar-refractivity contribution in [1.29, 1.82) is 0 Å². The average molecular weight is 376 g/mol. The molecule has 28 heavy (non-hydrogen) atoms. The normalized spacial score (nSPS) is 10.3. The number of carbonyl (C=O) groups is 1. The van der Waals surface area contributed by atoms with Crippen LogP contribution in [0.15, 0.2) is 72.8 Å². The van der Waals surface area contributed by atoms with E-state index in [2.05, 4.69) is 5.32 Å². The van der Waals surface area contributed by atoms with E-state index in [9.17, 15) is 9.90 Å². The molecule has 0 bridgehead atoms. The molecule has 0 heterocycles. The van der Waals surface area contributed by atoms with Crippen molar-refractivity contribution in [2.75, 3.05) is 11.9 Å². The third-order valence-electron chi connectivity index (χ3n) is 4.16. The van der Waals surface area contributed by atoms with Gasteiger partial charge in [0.2, 0.25) is 0 Å². The van der Waals surface area contributed by atoms with Gasteiger partial charge in [-0.3, -0.25) is 0 Å². The minimum atomic E-state index is -1.18. The van der Waals surface area contributed by atoms with Gasteiger partial charge in [0.05, 0.1) is 12.6 Å². The summed E-state index contributed by atoms with van der Waals surface area (Å²) in [6.45, 7) is 3.53. The number of benzene rings is 3. The molecule has 0 saturated heterocycles. The summed E-state index contributed by atoms with van der Waals surface area (Å²) in [4.78, 5) is 10.8.